The molecular formula is C9H18N. The molecule has 1 aliphatic rings. The molecule has 1 fully saturated rings. The standard InChI is InChI=1S/C9H18N/c1-3-8-10(4-2)9-6-5-7-9/h9H,1,3-8H2,2H3. The third kappa shape index (κ3) is 1.72. The largest absolute Gasteiger partial charge is 0.301 e. The fourth-order valence-corrected chi connectivity index (χ4v) is 1.55. The average molecular weight is 140 g/mol. The second-order valence-corrected chi connectivity index (χ2v) is 3.07. The van der Waals surface area contributed by atoms with Gasteiger partial charge in [0.2, 0.25) is 0 Å². The Kier molecular flexibility index (Phi) is 3.20. The number of hydrogen-bond donors (Lipinski definition) is 0. The van der Waals surface area contributed by atoms with Crippen molar-refractivity contribution >= 4 is 0 Å². The molecule has 59 valence electrons. The first-order valence-electron chi connectivity index (χ1n) is 4.41. The Morgan fingerprint density at radius 2 is 2.20 bits per heavy atom. The van der Waals surface area contributed by atoms with Gasteiger partial charge in [-0.2, -0.15) is 0 Å². The highest BCUT2D eigenvalue weighted by Crippen LogP contribution is 2.24. The molecule has 1 radical (unpaired) electrons. The number of hydrogen-bond acceptors (Lipinski definition) is 1. The van der Waals surface area contributed by atoms with Crippen LogP contribution in [0.5, 0.6) is 0 Å². The summed E-state index contributed by atoms with van der Waals surface area (Å²) in [4.78, 5) is 2.55. The number of rotatable bonds is 4. The van der Waals surface area contributed by atoms with E-state index >= 15 is 0 Å². The van der Waals surface area contributed by atoms with E-state index in [-0.39, 0.29) is 0 Å². The number of nitrogens with zero attached hydrogens (tertiary/aromatic N) is 1. The summed E-state index contributed by atoms with van der Waals surface area (Å²) in [5, 5.41) is 0. The van der Waals surface area contributed by atoms with Crippen LogP contribution in [0.25, 0.3) is 0 Å². The van der Waals surface area contributed by atoms with Crippen LogP contribution >= 0.6 is 0 Å². The maximum atomic E-state index is 3.87. The molecule has 0 amide bonds. The predicted molar refractivity (Wildman–Crippen MR) is 44.9 cm³/mol. The molecule has 1 heteroatoms. The fourth-order valence-electron chi connectivity index (χ4n) is 1.55. The van der Waals surface area contributed by atoms with Gasteiger partial charge in [-0.1, -0.05) is 20.3 Å². The Bertz CT molecular complexity index is 86.7. The van der Waals surface area contributed by atoms with Crippen LogP contribution in [0.1, 0.15) is 32.6 Å². The van der Waals surface area contributed by atoms with E-state index in [1.54, 1.807) is 0 Å². The van der Waals surface area contributed by atoms with Gasteiger partial charge >= 0.3 is 0 Å². The molecule has 0 bridgehead atoms. The Balaban J connectivity index is 2.17. The molecule has 1 nitrogen and oxygen atoms in total. The topological polar surface area (TPSA) is 3.24 Å². The van der Waals surface area contributed by atoms with Gasteiger partial charge in [0, 0.05) is 6.04 Å². The molecule has 0 N–H and O–H groups in total. The van der Waals surface area contributed by atoms with Crippen LogP contribution in [0, 0.1) is 6.92 Å². The lowest BCUT2D eigenvalue weighted by Crippen LogP contribution is -2.40. The zero-order valence-electron chi connectivity index (χ0n) is 6.97. The molecule has 0 aromatic carbocycles. The van der Waals surface area contributed by atoms with Gasteiger partial charge in [0.05, 0.1) is 0 Å². The van der Waals surface area contributed by atoms with Crippen molar-refractivity contribution in [1.29, 1.82) is 0 Å². The van der Waals surface area contributed by atoms with Gasteiger partial charge in [-0.15, -0.1) is 0 Å². The van der Waals surface area contributed by atoms with Crippen molar-refractivity contribution in [2.75, 3.05) is 13.1 Å². The highest BCUT2D eigenvalue weighted by Gasteiger charge is 2.22. The van der Waals surface area contributed by atoms with Gasteiger partial charge < -0.3 is 4.90 Å². The van der Waals surface area contributed by atoms with E-state index in [1.165, 1.54) is 32.4 Å². The molecule has 0 aliphatic heterocycles. The second kappa shape index (κ2) is 3.97. The first kappa shape index (κ1) is 8.06. The molecule has 0 aromatic rings. The summed E-state index contributed by atoms with van der Waals surface area (Å²) in [7, 11) is 0. The summed E-state index contributed by atoms with van der Waals surface area (Å²) in [5.74, 6) is 0. The van der Waals surface area contributed by atoms with Crippen molar-refractivity contribution in [3.05, 3.63) is 6.92 Å². The third-order valence-corrected chi connectivity index (χ3v) is 2.44. The maximum Gasteiger partial charge on any atom is 0.00951 e. The third-order valence-electron chi connectivity index (χ3n) is 2.44. The quantitative estimate of drug-likeness (QED) is 0.578. The van der Waals surface area contributed by atoms with Crippen molar-refractivity contribution in [3.63, 3.8) is 0 Å². The highest BCUT2D eigenvalue weighted by molar-refractivity contribution is 4.79. The lowest BCUT2D eigenvalue weighted by Gasteiger charge is -2.36. The lowest BCUT2D eigenvalue weighted by atomic mass is 9.91. The van der Waals surface area contributed by atoms with Crippen molar-refractivity contribution in [3.8, 4) is 0 Å². The molecule has 0 saturated heterocycles. The van der Waals surface area contributed by atoms with Crippen LogP contribution in [-0.4, -0.2) is 24.0 Å². The van der Waals surface area contributed by atoms with Crippen molar-refractivity contribution in [2.24, 2.45) is 0 Å². The second-order valence-electron chi connectivity index (χ2n) is 3.07. The van der Waals surface area contributed by atoms with Crippen LogP contribution < -0.4 is 0 Å². The van der Waals surface area contributed by atoms with E-state index in [4.69, 9.17) is 0 Å². The molecule has 0 atom stereocenters. The molecular weight excluding hydrogens is 122 g/mol. The first-order chi connectivity index (χ1) is 4.88. The van der Waals surface area contributed by atoms with Crippen molar-refractivity contribution in [2.45, 2.75) is 38.6 Å². The summed E-state index contributed by atoms with van der Waals surface area (Å²) in [5.41, 5.74) is 0. The molecule has 0 aromatic heterocycles. The summed E-state index contributed by atoms with van der Waals surface area (Å²) < 4.78 is 0. The zero-order chi connectivity index (χ0) is 7.40. The minimum Gasteiger partial charge on any atom is -0.301 e. The van der Waals surface area contributed by atoms with Crippen LogP contribution in [-0.2, 0) is 0 Å². The smallest absolute Gasteiger partial charge is 0.00951 e. The van der Waals surface area contributed by atoms with Crippen LogP contribution in [0.3, 0.4) is 0 Å². The summed E-state index contributed by atoms with van der Waals surface area (Å²) >= 11 is 0. The van der Waals surface area contributed by atoms with Crippen molar-refractivity contribution < 1.29 is 0 Å². The molecule has 0 unspecified atom stereocenters. The van der Waals surface area contributed by atoms with E-state index in [1.807, 2.05) is 0 Å². The Morgan fingerprint density at radius 1 is 1.50 bits per heavy atom. The van der Waals surface area contributed by atoms with Gasteiger partial charge in [0.15, 0.2) is 0 Å². The Hall–Kier alpha value is -0.0400. The summed E-state index contributed by atoms with van der Waals surface area (Å²) in [6.45, 7) is 8.52. The molecule has 1 aliphatic carbocycles. The van der Waals surface area contributed by atoms with E-state index in [2.05, 4.69) is 18.7 Å². The van der Waals surface area contributed by atoms with Gasteiger partial charge in [-0.3, -0.25) is 0 Å². The summed E-state index contributed by atoms with van der Waals surface area (Å²) in [6, 6.07) is 0.909. The fraction of sp³-hybridized carbons (Fsp3) is 0.889. The molecule has 0 heterocycles. The predicted octanol–water partition coefficient (Wildman–Crippen LogP) is 2.08. The lowest BCUT2D eigenvalue weighted by molar-refractivity contribution is 0.136. The normalized spacial score (nSPS) is 19.5. The van der Waals surface area contributed by atoms with E-state index in [0.29, 0.717) is 0 Å². The SMILES string of the molecule is [CH2]CCN(CC)C1CCC1. The maximum absolute atomic E-state index is 3.87. The van der Waals surface area contributed by atoms with Crippen LogP contribution in [0.2, 0.25) is 0 Å². The van der Waals surface area contributed by atoms with Crippen LogP contribution in [0.4, 0.5) is 0 Å². The minimum atomic E-state index is 0.909. The van der Waals surface area contributed by atoms with E-state index < -0.39 is 0 Å². The van der Waals surface area contributed by atoms with E-state index in [9.17, 15) is 0 Å². The first-order valence-corrected chi connectivity index (χ1v) is 4.41. The zero-order valence-corrected chi connectivity index (χ0v) is 6.97. The average Bonchev–Trinajstić information content (AvgIpc) is 1.83. The Labute approximate surface area is 64.4 Å². The molecule has 0 spiro atoms. The Morgan fingerprint density at radius 3 is 2.50 bits per heavy atom. The van der Waals surface area contributed by atoms with E-state index in [0.717, 1.165) is 12.5 Å². The van der Waals surface area contributed by atoms with Gasteiger partial charge in [-0.25, -0.2) is 0 Å². The molecule has 1 saturated carbocycles. The monoisotopic (exact) mass is 140 g/mol. The van der Waals surface area contributed by atoms with Crippen molar-refractivity contribution in [1.82, 2.24) is 4.90 Å². The minimum absolute atomic E-state index is 0.909. The summed E-state index contributed by atoms with van der Waals surface area (Å²) in [6.07, 6.45) is 5.35. The highest BCUT2D eigenvalue weighted by atomic mass is 15.2. The molecule has 1 rings (SSSR count). The molecule has 10 heavy (non-hydrogen) atoms. The van der Waals surface area contributed by atoms with Gasteiger partial charge in [0.25, 0.3) is 0 Å². The van der Waals surface area contributed by atoms with Gasteiger partial charge in [0.1, 0.15) is 0 Å². The van der Waals surface area contributed by atoms with Gasteiger partial charge in [-0.05, 0) is 32.4 Å². The van der Waals surface area contributed by atoms with Crippen LogP contribution in [0.15, 0.2) is 0 Å².